The Morgan fingerprint density at radius 2 is 1.89 bits per heavy atom. The second-order valence-electron chi connectivity index (χ2n) is 3.98. The minimum Gasteiger partial charge on any atom is -0.468 e. The van der Waals surface area contributed by atoms with Crippen molar-refractivity contribution in [3.05, 3.63) is 0 Å². The number of ether oxygens (including phenoxy) is 2. The van der Waals surface area contributed by atoms with Crippen molar-refractivity contribution in [1.29, 1.82) is 0 Å². The summed E-state index contributed by atoms with van der Waals surface area (Å²) in [5.74, 6) is -0.275. The number of piperazine rings is 1. The van der Waals surface area contributed by atoms with Crippen LogP contribution in [0.1, 0.15) is 6.92 Å². The maximum Gasteiger partial charge on any atom is 0.409 e. The predicted octanol–water partition coefficient (Wildman–Crippen LogP) is 0.697. The van der Waals surface area contributed by atoms with E-state index < -0.39 is 0 Å². The summed E-state index contributed by atoms with van der Waals surface area (Å²) in [5, 5.41) is 0. The molecule has 1 heterocycles. The number of rotatable bonds is 4. The van der Waals surface area contributed by atoms with Crippen LogP contribution in [0.3, 0.4) is 0 Å². The van der Waals surface area contributed by atoms with Crippen LogP contribution in [0.15, 0.2) is 0 Å². The van der Waals surface area contributed by atoms with Gasteiger partial charge >= 0.3 is 12.1 Å². The molecule has 0 aromatic carbocycles. The number of carbonyl (C=O) groups is 2. The molecule has 6 nitrogen and oxygen atoms in total. The molecule has 1 amide bonds. The number of esters is 1. The molecule has 1 atom stereocenters. The number of halogens is 1. The molecule has 1 unspecified atom stereocenters. The standard InChI is InChI=1S/C11H19BrN2O4/c1-3-18-11(16)14-6-4-13(5-7-14)8-9(12)10(15)17-2/h9H,3-8H2,1-2H3. The van der Waals surface area contributed by atoms with E-state index in [1.54, 1.807) is 11.8 Å². The fourth-order valence-corrected chi connectivity index (χ4v) is 2.35. The van der Waals surface area contributed by atoms with E-state index in [9.17, 15) is 9.59 Å². The molecule has 104 valence electrons. The van der Waals surface area contributed by atoms with Crippen LogP contribution in [0.5, 0.6) is 0 Å². The van der Waals surface area contributed by atoms with Crippen molar-refractivity contribution < 1.29 is 19.1 Å². The summed E-state index contributed by atoms with van der Waals surface area (Å²) in [7, 11) is 1.37. The monoisotopic (exact) mass is 322 g/mol. The number of amides is 1. The van der Waals surface area contributed by atoms with Gasteiger partial charge in [0.25, 0.3) is 0 Å². The first-order chi connectivity index (χ1) is 8.58. The molecule has 0 aromatic rings. The molecule has 1 fully saturated rings. The zero-order valence-corrected chi connectivity index (χ0v) is 12.3. The van der Waals surface area contributed by atoms with Gasteiger partial charge in [-0.15, -0.1) is 0 Å². The molecule has 1 saturated heterocycles. The van der Waals surface area contributed by atoms with E-state index in [0.29, 0.717) is 26.2 Å². The number of alkyl halides is 1. The van der Waals surface area contributed by atoms with E-state index in [0.717, 1.165) is 13.1 Å². The van der Waals surface area contributed by atoms with Gasteiger partial charge in [-0.3, -0.25) is 9.69 Å². The Hall–Kier alpha value is -0.820. The van der Waals surface area contributed by atoms with Gasteiger partial charge in [-0.2, -0.15) is 0 Å². The average Bonchev–Trinajstić information content (AvgIpc) is 2.38. The molecule has 1 rings (SSSR count). The van der Waals surface area contributed by atoms with Crippen molar-refractivity contribution >= 4 is 28.0 Å². The summed E-state index contributed by atoms with van der Waals surface area (Å²) < 4.78 is 9.59. The van der Waals surface area contributed by atoms with Crippen molar-refractivity contribution in [2.45, 2.75) is 11.8 Å². The minimum atomic E-state index is -0.323. The number of hydrogen-bond donors (Lipinski definition) is 0. The van der Waals surface area contributed by atoms with Crippen LogP contribution in [0, 0.1) is 0 Å². The summed E-state index contributed by atoms with van der Waals surface area (Å²) in [4.78, 5) is 26.2. The number of methoxy groups -OCH3 is 1. The fourth-order valence-electron chi connectivity index (χ4n) is 1.76. The maximum atomic E-state index is 11.5. The van der Waals surface area contributed by atoms with Gasteiger partial charge in [0.15, 0.2) is 0 Å². The Morgan fingerprint density at radius 3 is 2.39 bits per heavy atom. The van der Waals surface area contributed by atoms with Crippen molar-refractivity contribution in [2.75, 3.05) is 46.4 Å². The van der Waals surface area contributed by atoms with Gasteiger partial charge in [0, 0.05) is 32.7 Å². The van der Waals surface area contributed by atoms with Gasteiger partial charge in [0.1, 0.15) is 4.83 Å². The molecule has 0 radical (unpaired) electrons. The Kier molecular flexibility index (Phi) is 6.42. The highest BCUT2D eigenvalue weighted by Gasteiger charge is 2.25. The first kappa shape index (κ1) is 15.2. The maximum absolute atomic E-state index is 11.5. The van der Waals surface area contributed by atoms with Gasteiger partial charge in [-0.1, -0.05) is 15.9 Å². The van der Waals surface area contributed by atoms with E-state index in [1.165, 1.54) is 7.11 Å². The predicted molar refractivity (Wildman–Crippen MR) is 69.8 cm³/mol. The Morgan fingerprint density at radius 1 is 1.28 bits per heavy atom. The summed E-state index contributed by atoms with van der Waals surface area (Å²) in [6, 6.07) is 0. The van der Waals surface area contributed by atoms with Crippen LogP contribution in [-0.2, 0) is 14.3 Å². The highest BCUT2D eigenvalue weighted by Crippen LogP contribution is 2.09. The Bertz CT molecular complexity index is 293. The summed E-state index contributed by atoms with van der Waals surface area (Å²) in [6.45, 7) is 5.49. The molecule has 7 heteroatoms. The molecule has 0 N–H and O–H groups in total. The molecule has 18 heavy (non-hydrogen) atoms. The zero-order chi connectivity index (χ0) is 13.5. The number of nitrogens with zero attached hydrogens (tertiary/aromatic N) is 2. The lowest BCUT2D eigenvalue weighted by Gasteiger charge is -2.34. The first-order valence-electron chi connectivity index (χ1n) is 5.94. The third-order valence-corrected chi connectivity index (χ3v) is 3.44. The van der Waals surface area contributed by atoms with Gasteiger partial charge in [-0.25, -0.2) is 4.79 Å². The quantitative estimate of drug-likeness (QED) is 0.563. The van der Waals surface area contributed by atoms with Crippen LogP contribution in [0.4, 0.5) is 4.79 Å². The van der Waals surface area contributed by atoms with Crippen LogP contribution < -0.4 is 0 Å². The molecule has 1 aliphatic rings. The lowest BCUT2D eigenvalue weighted by Crippen LogP contribution is -2.50. The van der Waals surface area contributed by atoms with Gasteiger partial charge < -0.3 is 14.4 Å². The van der Waals surface area contributed by atoms with E-state index in [-0.39, 0.29) is 16.9 Å². The number of carbonyl (C=O) groups excluding carboxylic acids is 2. The molecule has 0 saturated carbocycles. The van der Waals surface area contributed by atoms with Crippen molar-refractivity contribution in [1.82, 2.24) is 9.80 Å². The van der Waals surface area contributed by atoms with Gasteiger partial charge in [0.2, 0.25) is 0 Å². The summed E-state index contributed by atoms with van der Waals surface area (Å²) in [6.07, 6.45) is -0.263. The molecule has 0 aliphatic carbocycles. The second kappa shape index (κ2) is 7.58. The van der Waals surface area contributed by atoms with Gasteiger partial charge in [-0.05, 0) is 6.92 Å². The van der Waals surface area contributed by atoms with E-state index in [2.05, 4.69) is 25.6 Å². The highest BCUT2D eigenvalue weighted by atomic mass is 79.9. The van der Waals surface area contributed by atoms with E-state index in [4.69, 9.17) is 4.74 Å². The molecule has 1 aliphatic heterocycles. The van der Waals surface area contributed by atoms with E-state index >= 15 is 0 Å². The van der Waals surface area contributed by atoms with Crippen molar-refractivity contribution in [3.8, 4) is 0 Å². The lowest BCUT2D eigenvalue weighted by molar-refractivity contribution is -0.140. The SMILES string of the molecule is CCOC(=O)N1CCN(CC(Br)C(=O)OC)CC1. The Labute approximate surface area is 115 Å². The molecular weight excluding hydrogens is 304 g/mol. The normalized spacial score (nSPS) is 18.3. The largest absolute Gasteiger partial charge is 0.468 e. The van der Waals surface area contributed by atoms with Crippen LogP contribution in [0.25, 0.3) is 0 Å². The van der Waals surface area contributed by atoms with Crippen LogP contribution in [-0.4, -0.2) is 73.1 Å². The molecule has 0 spiro atoms. The lowest BCUT2D eigenvalue weighted by atomic mass is 10.3. The fraction of sp³-hybridized carbons (Fsp3) is 0.818. The Balaban J connectivity index is 2.31. The third-order valence-electron chi connectivity index (χ3n) is 2.77. The minimum absolute atomic E-state index is 0.263. The van der Waals surface area contributed by atoms with Crippen molar-refractivity contribution in [2.24, 2.45) is 0 Å². The third kappa shape index (κ3) is 4.45. The molecule has 0 bridgehead atoms. The van der Waals surface area contributed by atoms with Crippen LogP contribution in [0.2, 0.25) is 0 Å². The molecular formula is C11H19BrN2O4. The second-order valence-corrected chi connectivity index (χ2v) is 5.08. The highest BCUT2D eigenvalue weighted by molar-refractivity contribution is 9.10. The van der Waals surface area contributed by atoms with Crippen LogP contribution >= 0.6 is 15.9 Å². The summed E-state index contributed by atoms with van der Waals surface area (Å²) in [5.41, 5.74) is 0. The zero-order valence-electron chi connectivity index (χ0n) is 10.7. The van der Waals surface area contributed by atoms with E-state index in [1.807, 2.05) is 0 Å². The average molecular weight is 323 g/mol. The van der Waals surface area contributed by atoms with Gasteiger partial charge in [0.05, 0.1) is 13.7 Å². The smallest absolute Gasteiger partial charge is 0.409 e. The topological polar surface area (TPSA) is 59.1 Å². The summed E-state index contributed by atoms with van der Waals surface area (Å²) >= 11 is 3.29. The molecule has 0 aromatic heterocycles. The number of hydrogen-bond acceptors (Lipinski definition) is 5. The first-order valence-corrected chi connectivity index (χ1v) is 6.86. The van der Waals surface area contributed by atoms with Crippen molar-refractivity contribution in [3.63, 3.8) is 0 Å².